The van der Waals surface area contributed by atoms with Crippen molar-refractivity contribution in [3.63, 3.8) is 0 Å². The van der Waals surface area contributed by atoms with Crippen LogP contribution in [0.1, 0.15) is 36.8 Å². The molecule has 1 saturated heterocycles. The molecule has 0 aromatic heterocycles. The lowest BCUT2D eigenvalue weighted by Crippen LogP contribution is -2.49. The summed E-state index contributed by atoms with van der Waals surface area (Å²) in [5, 5.41) is 0. The third kappa shape index (κ3) is 3.68. The molecule has 0 bridgehead atoms. The van der Waals surface area contributed by atoms with Gasteiger partial charge in [0, 0.05) is 19.7 Å². The zero-order valence-corrected chi connectivity index (χ0v) is 13.4. The van der Waals surface area contributed by atoms with Crippen LogP contribution in [0, 0.1) is 6.92 Å². The molecular weight excluding hydrogens is 276 g/mol. The molecule has 1 atom stereocenters. The fourth-order valence-electron chi connectivity index (χ4n) is 2.99. The van der Waals surface area contributed by atoms with Crippen LogP contribution >= 0.6 is 0 Å². The highest BCUT2D eigenvalue weighted by Gasteiger charge is 2.48. The maximum atomic E-state index is 12.6. The first kappa shape index (κ1) is 15.5. The van der Waals surface area contributed by atoms with Crippen LogP contribution in [0.25, 0.3) is 0 Å². The lowest BCUT2D eigenvalue weighted by molar-refractivity contribution is -0.135. The molecule has 1 aromatic rings. The quantitative estimate of drug-likeness (QED) is 0.875. The summed E-state index contributed by atoms with van der Waals surface area (Å²) in [5.41, 5.74) is 8.05. The number of carbonyl (C=O) groups is 1. The van der Waals surface area contributed by atoms with Gasteiger partial charge in [-0.15, -0.1) is 0 Å². The predicted octanol–water partition coefficient (Wildman–Crippen LogP) is 2.04. The monoisotopic (exact) mass is 302 g/mol. The van der Waals surface area contributed by atoms with Gasteiger partial charge in [-0.25, -0.2) is 0 Å². The smallest absolute Gasteiger partial charge is 0.242 e. The molecule has 1 aliphatic carbocycles. The summed E-state index contributed by atoms with van der Waals surface area (Å²) in [6, 6.07) is 8.51. The molecule has 4 nitrogen and oxygen atoms in total. The average molecular weight is 302 g/mol. The standard InChI is InChI=1S/C18H26N2O2/c1-14-4-6-15(7-5-14)8-11-20(13-16-3-2-12-22-16)17(21)18(19)9-10-18/h4-7,16H,2-3,8-13,19H2,1H3. The third-order valence-electron chi connectivity index (χ3n) is 4.74. The largest absolute Gasteiger partial charge is 0.376 e. The van der Waals surface area contributed by atoms with Crippen LogP contribution in [-0.4, -0.2) is 42.1 Å². The van der Waals surface area contributed by atoms with Crippen molar-refractivity contribution in [3.8, 4) is 0 Å². The van der Waals surface area contributed by atoms with Crippen LogP contribution in [-0.2, 0) is 16.0 Å². The number of hydrogen-bond donors (Lipinski definition) is 1. The van der Waals surface area contributed by atoms with Crippen LogP contribution in [0.3, 0.4) is 0 Å². The van der Waals surface area contributed by atoms with E-state index in [-0.39, 0.29) is 12.0 Å². The number of ether oxygens (including phenoxy) is 1. The van der Waals surface area contributed by atoms with Gasteiger partial charge in [-0.1, -0.05) is 29.8 Å². The normalized spacial score (nSPS) is 22.5. The highest BCUT2D eigenvalue weighted by molar-refractivity contribution is 5.89. The molecule has 2 fully saturated rings. The SMILES string of the molecule is Cc1ccc(CCN(CC2CCCO2)C(=O)C2(N)CC2)cc1. The number of nitrogens with zero attached hydrogens (tertiary/aromatic N) is 1. The molecule has 4 heteroatoms. The van der Waals surface area contributed by atoms with Crippen LogP contribution in [0.5, 0.6) is 0 Å². The predicted molar refractivity (Wildman–Crippen MR) is 86.6 cm³/mol. The maximum absolute atomic E-state index is 12.6. The van der Waals surface area contributed by atoms with Crippen molar-refractivity contribution in [1.82, 2.24) is 4.90 Å². The Hall–Kier alpha value is -1.39. The van der Waals surface area contributed by atoms with E-state index in [9.17, 15) is 4.79 Å². The fraction of sp³-hybridized carbons (Fsp3) is 0.611. The number of amides is 1. The van der Waals surface area contributed by atoms with Gasteiger partial charge in [0.25, 0.3) is 0 Å². The molecule has 1 heterocycles. The number of aryl methyl sites for hydroxylation is 1. The van der Waals surface area contributed by atoms with E-state index in [1.165, 1.54) is 11.1 Å². The summed E-state index contributed by atoms with van der Waals surface area (Å²) in [4.78, 5) is 14.6. The molecule has 1 aliphatic heterocycles. The zero-order valence-electron chi connectivity index (χ0n) is 13.4. The van der Waals surface area contributed by atoms with E-state index in [4.69, 9.17) is 10.5 Å². The summed E-state index contributed by atoms with van der Waals surface area (Å²) in [5.74, 6) is 0.107. The van der Waals surface area contributed by atoms with Crippen LogP contribution in [0.4, 0.5) is 0 Å². The topological polar surface area (TPSA) is 55.6 Å². The lowest BCUT2D eigenvalue weighted by Gasteiger charge is -2.28. The van der Waals surface area contributed by atoms with Gasteiger partial charge in [-0.05, 0) is 44.6 Å². The highest BCUT2D eigenvalue weighted by Crippen LogP contribution is 2.34. The summed E-state index contributed by atoms with van der Waals surface area (Å²) < 4.78 is 5.70. The van der Waals surface area contributed by atoms with Crippen LogP contribution in [0.15, 0.2) is 24.3 Å². The molecule has 1 saturated carbocycles. The van der Waals surface area contributed by atoms with E-state index in [2.05, 4.69) is 31.2 Å². The second-order valence-electron chi connectivity index (χ2n) is 6.78. The number of benzene rings is 1. The first-order valence-electron chi connectivity index (χ1n) is 8.32. The Labute approximate surface area is 132 Å². The van der Waals surface area contributed by atoms with E-state index in [0.717, 1.165) is 45.3 Å². The van der Waals surface area contributed by atoms with Crippen molar-refractivity contribution in [2.45, 2.75) is 50.7 Å². The number of rotatable bonds is 6. The molecule has 120 valence electrons. The second-order valence-corrected chi connectivity index (χ2v) is 6.78. The minimum Gasteiger partial charge on any atom is -0.376 e. The summed E-state index contributed by atoms with van der Waals surface area (Å²) in [6.07, 6.45) is 4.83. The Morgan fingerprint density at radius 2 is 2.09 bits per heavy atom. The molecular formula is C18H26N2O2. The Morgan fingerprint density at radius 3 is 2.68 bits per heavy atom. The molecule has 1 aromatic carbocycles. The first-order chi connectivity index (χ1) is 10.6. The van der Waals surface area contributed by atoms with Crippen molar-refractivity contribution in [1.29, 1.82) is 0 Å². The van der Waals surface area contributed by atoms with Gasteiger partial charge in [0.05, 0.1) is 11.6 Å². The Morgan fingerprint density at radius 1 is 1.36 bits per heavy atom. The van der Waals surface area contributed by atoms with E-state index >= 15 is 0 Å². The minimum atomic E-state index is -0.591. The van der Waals surface area contributed by atoms with Crippen molar-refractivity contribution < 1.29 is 9.53 Å². The maximum Gasteiger partial charge on any atom is 0.242 e. The van der Waals surface area contributed by atoms with Crippen molar-refractivity contribution in [3.05, 3.63) is 35.4 Å². The third-order valence-corrected chi connectivity index (χ3v) is 4.74. The van der Waals surface area contributed by atoms with Gasteiger partial charge < -0.3 is 15.4 Å². The molecule has 2 aliphatic rings. The molecule has 1 amide bonds. The van der Waals surface area contributed by atoms with Crippen molar-refractivity contribution >= 4 is 5.91 Å². The van der Waals surface area contributed by atoms with Gasteiger partial charge in [-0.3, -0.25) is 4.79 Å². The summed E-state index contributed by atoms with van der Waals surface area (Å²) in [6.45, 7) is 4.31. The van der Waals surface area contributed by atoms with E-state index in [1.54, 1.807) is 0 Å². The Kier molecular flexibility index (Phi) is 4.50. The minimum absolute atomic E-state index is 0.107. The molecule has 2 N–H and O–H groups in total. The Balaban J connectivity index is 1.62. The number of hydrogen-bond acceptors (Lipinski definition) is 3. The molecule has 0 spiro atoms. The molecule has 0 radical (unpaired) electrons. The van der Waals surface area contributed by atoms with E-state index in [0.29, 0.717) is 6.54 Å². The summed E-state index contributed by atoms with van der Waals surface area (Å²) >= 11 is 0. The molecule has 1 unspecified atom stereocenters. The second kappa shape index (κ2) is 6.39. The Bertz CT molecular complexity index is 516. The highest BCUT2D eigenvalue weighted by atomic mass is 16.5. The van der Waals surface area contributed by atoms with Gasteiger partial charge in [0.1, 0.15) is 0 Å². The molecule has 22 heavy (non-hydrogen) atoms. The lowest BCUT2D eigenvalue weighted by atomic mass is 10.1. The van der Waals surface area contributed by atoms with Crippen molar-refractivity contribution in [2.24, 2.45) is 5.73 Å². The zero-order chi connectivity index (χ0) is 15.6. The fourth-order valence-corrected chi connectivity index (χ4v) is 2.99. The van der Waals surface area contributed by atoms with Gasteiger partial charge >= 0.3 is 0 Å². The van der Waals surface area contributed by atoms with E-state index < -0.39 is 5.54 Å². The van der Waals surface area contributed by atoms with Crippen molar-refractivity contribution in [2.75, 3.05) is 19.7 Å². The van der Waals surface area contributed by atoms with Gasteiger partial charge in [0.15, 0.2) is 0 Å². The van der Waals surface area contributed by atoms with Gasteiger partial charge in [-0.2, -0.15) is 0 Å². The molecule has 3 rings (SSSR count). The summed E-state index contributed by atoms with van der Waals surface area (Å²) in [7, 11) is 0. The first-order valence-corrected chi connectivity index (χ1v) is 8.32. The number of nitrogens with two attached hydrogens (primary N) is 1. The van der Waals surface area contributed by atoms with Crippen LogP contribution in [0.2, 0.25) is 0 Å². The van der Waals surface area contributed by atoms with Crippen LogP contribution < -0.4 is 5.73 Å². The number of carbonyl (C=O) groups excluding carboxylic acids is 1. The van der Waals surface area contributed by atoms with Gasteiger partial charge in [0.2, 0.25) is 5.91 Å². The van der Waals surface area contributed by atoms with E-state index in [1.807, 2.05) is 4.90 Å². The average Bonchev–Trinajstić information content (AvgIpc) is 3.06.